The number of methoxy groups -OCH3 is 1. The van der Waals surface area contributed by atoms with E-state index in [1.807, 2.05) is 6.07 Å². The molecule has 1 aromatic carbocycles. The van der Waals surface area contributed by atoms with Gasteiger partial charge in [-0.3, -0.25) is 4.79 Å². The number of rotatable bonds is 2. The van der Waals surface area contributed by atoms with Gasteiger partial charge in [0.15, 0.2) is 0 Å². The maximum atomic E-state index is 11.5. The molecule has 0 aliphatic carbocycles. The molecule has 0 spiro atoms. The van der Waals surface area contributed by atoms with Crippen molar-refractivity contribution in [2.45, 2.75) is 4.90 Å². The highest BCUT2D eigenvalue weighted by Gasteiger charge is 2.11. The fourth-order valence-corrected chi connectivity index (χ4v) is 1.76. The van der Waals surface area contributed by atoms with Crippen LogP contribution in [0.2, 0.25) is 0 Å². The van der Waals surface area contributed by atoms with E-state index >= 15 is 0 Å². The van der Waals surface area contributed by atoms with E-state index in [2.05, 4.69) is 0 Å². The van der Waals surface area contributed by atoms with Crippen LogP contribution in [-0.4, -0.2) is 31.3 Å². The summed E-state index contributed by atoms with van der Waals surface area (Å²) in [5.74, 6) is 0.541. The number of nitrogens with zero attached hydrogens (tertiary/aromatic N) is 2. The number of amides is 1. The summed E-state index contributed by atoms with van der Waals surface area (Å²) in [6.45, 7) is 0. The number of thioether (sulfide) groups is 1. The number of benzene rings is 1. The van der Waals surface area contributed by atoms with E-state index in [1.165, 1.54) is 12.0 Å². The number of hydrogen-bond donors (Lipinski definition) is 0. The molecule has 0 aliphatic rings. The van der Waals surface area contributed by atoms with Crippen molar-refractivity contribution in [1.29, 1.82) is 5.26 Å². The fourth-order valence-electron chi connectivity index (χ4n) is 1.01. The summed E-state index contributed by atoms with van der Waals surface area (Å²) >= 11 is 1.07. The minimum absolute atomic E-state index is 0.0805. The van der Waals surface area contributed by atoms with Crippen molar-refractivity contribution in [2.24, 2.45) is 0 Å². The topological polar surface area (TPSA) is 53.3 Å². The quantitative estimate of drug-likeness (QED) is 0.739. The molecule has 1 rings (SSSR count). The molecule has 16 heavy (non-hydrogen) atoms. The standard InChI is InChI=1S/C11H12N2O2S/c1-13(2)11(14)16-10-5-4-8(7-12)6-9(10)15-3/h4-6H,1-3H3. The molecule has 0 radical (unpaired) electrons. The molecule has 0 N–H and O–H groups in total. The molecule has 0 atom stereocenters. The molecule has 0 aliphatic heterocycles. The van der Waals surface area contributed by atoms with E-state index in [9.17, 15) is 4.79 Å². The Hall–Kier alpha value is -1.67. The lowest BCUT2D eigenvalue weighted by molar-refractivity contribution is 0.241. The molecule has 0 saturated heterocycles. The molecule has 5 heteroatoms. The lowest BCUT2D eigenvalue weighted by atomic mass is 10.2. The summed E-state index contributed by atoms with van der Waals surface area (Å²) in [5, 5.41) is 8.65. The largest absolute Gasteiger partial charge is 0.496 e. The van der Waals surface area contributed by atoms with E-state index in [4.69, 9.17) is 10.00 Å². The van der Waals surface area contributed by atoms with Crippen LogP contribution in [0, 0.1) is 11.3 Å². The number of ether oxygens (including phenoxy) is 1. The second-order valence-corrected chi connectivity index (χ2v) is 4.23. The highest BCUT2D eigenvalue weighted by Crippen LogP contribution is 2.31. The Morgan fingerprint density at radius 3 is 2.69 bits per heavy atom. The second kappa shape index (κ2) is 5.42. The van der Waals surface area contributed by atoms with E-state index in [1.54, 1.807) is 32.3 Å². The van der Waals surface area contributed by atoms with Gasteiger partial charge in [0.25, 0.3) is 5.24 Å². The van der Waals surface area contributed by atoms with Gasteiger partial charge in [0.2, 0.25) is 0 Å². The molecular formula is C11H12N2O2S. The first-order valence-corrected chi connectivity index (χ1v) is 5.37. The van der Waals surface area contributed by atoms with Gasteiger partial charge in [0.1, 0.15) is 5.75 Å². The summed E-state index contributed by atoms with van der Waals surface area (Å²) < 4.78 is 5.13. The molecule has 0 unspecified atom stereocenters. The average molecular weight is 236 g/mol. The Bertz CT molecular complexity index is 438. The van der Waals surface area contributed by atoms with Gasteiger partial charge < -0.3 is 9.64 Å². The molecule has 0 bridgehead atoms. The predicted molar refractivity (Wildman–Crippen MR) is 62.6 cm³/mol. The first kappa shape index (κ1) is 12.4. The maximum Gasteiger partial charge on any atom is 0.286 e. The smallest absolute Gasteiger partial charge is 0.286 e. The van der Waals surface area contributed by atoms with Gasteiger partial charge in [0, 0.05) is 14.1 Å². The molecule has 0 saturated carbocycles. The highest BCUT2D eigenvalue weighted by molar-refractivity contribution is 8.13. The number of hydrogen-bond acceptors (Lipinski definition) is 4. The lowest BCUT2D eigenvalue weighted by Crippen LogP contribution is -2.16. The van der Waals surface area contributed by atoms with Gasteiger partial charge in [-0.1, -0.05) is 0 Å². The first-order chi connectivity index (χ1) is 7.58. The molecule has 0 heterocycles. The van der Waals surface area contributed by atoms with Crippen molar-refractivity contribution in [2.75, 3.05) is 21.2 Å². The van der Waals surface area contributed by atoms with Gasteiger partial charge in [-0.2, -0.15) is 5.26 Å². The summed E-state index contributed by atoms with van der Waals surface area (Å²) in [5.41, 5.74) is 0.513. The molecule has 84 valence electrons. The third-order valence-electron chi connectivity index (χ3n) is 1.86. The first-order valence-electron chi connectivity index (χ1n) is 4.55. The summed E-state index contributed by atoms with van der Waals surface area (Å²) in [6.07, 6.45) is 0. The van der Waals surface area contributed by atoms with Crippen molar-refractivity contribution in [3.8, 4) is 11.8 Å². The molecule has 1 amide bonds. The van der Waals surface area contributed by atoms with Crippen LogP contribution in [0.25, 0.3) is 0 Å². The molecule has 4 nitrogen and oxygen atoms in total. The van der Waals surface area contributed by atoms with Crippen LogP contribution in [0.3, 0.4) is 0 Å². The van der Waals surface area contributed by atoms with Gasteiger partial charge in [-0.15, -0.1) is 0 Å². The lowest BCUT2D eigenvalue weighted by Gasteiger charge is -2.11. The SMILES string of the molecule is COc1cc(C#N)ccc1SC(=O)N(C)C. The zero-order valence-corrected chi connectivity index (χ0v) is 10.2. The number of nitriles is 1. The van der Waals surface area contributed by atoms with E-state index < -0.39 is 0 Å². The number of carbonyl (C=O) groups is 1. The Morgan fingerprint density at radius 1 is 1.50 bits per heavy atom. The van der Waals surface area contributed by atoms with Crippen LogP contribution in [0.15, 0.2) is 23.1 Å². The Morgan fingerprint density at radius 2 is 2.19 bits per heavy atom. The van der Waals surface area contributed by atoms with Crippen LogP contribution in [-0.2, 0) is 0 Å². The second-order valence-electron chi connectivity index (χ2n) is 3.24. The predicted octanol–water partition coefficient (Wildman–Crippen LogP) is 2.34. The summed E-state index contributed by atoms with van der Waals surface area (Å²) in [4.78, 5) is 13.7. The summed E-state index contributed by atoms with van der Waals surface area (Å²) in [7, 11) is 4.89. The van der Waals surface area contributed by atoms with Gasteiger partial charge in [0.05, 0.1) is 23.6 Å². The van der Waals surface area contributed by atoms with Gasteiger partial charge >= 0.3 is 0 Å². The monoisotopic (exact) mass is 236 g/mol. The van der Waals surface area contributed by atoms with Gasteiger partial charge in [-0.05, 0) is 30.0 Å². The van der Waals surface area contributed by atoms with Crippen molar-refractivity contribution < 1.29 is 9.53 Å². The highest BCUT2D eigenvalue weighted by atomic mass is 32.2. The molecule has 0 aromatic heterocycles. The molecule has 1 aromatic rings. The molecular weight excluding hydrogens is 224 g/mol. The van der Waals surface area contributed by atoms with E-state index in [0.29, 0.717) is 16.2 Å². The van der Waals surface area contributed by atoms with Crippen molar-refractivity contribution in [3.63, 3.8) is 0 Å². The van der Waals surface area contributed by atoms with Crippen LogP contribution >= 0.6 is 11.8 Å². The molecule has 0 fully saturated rings. The summed E-state index contributed by atoms with van der Waals surface area (Å²) in [6, 6.07) is 7.01. The Balaban J connectivity index is 2.97. The normalized spacial score (nSPS) is 9.38. The maximum absolute atomic E-state index is 11.5. The number of carbonyl (C=O) groups excluding carboxylic acids is 1. The van der Waals surface area contributed by atoms with Crippen LogP contribution in [0.4, 0.5) is 4.79 Å². The van der Waals surface area contributed by atoms with Crippen molar-refractivity contribution >= 4 is 17.0 Å². The zero-order valence-electron chi connectivity index (χ0n) is 9.35. The third kappa shape index (κ3) is 2.91. The van der Waals surface area contributed by atoms with E-state index in [0.717, 1.165) is 11.8 Å². The minimum Gasteiger partial charge on any atom is -0.496 e. The minimum atomic E-state index is -0.0805. The van der Waals surface area contributed by atoms with E-state index in [-0.39, 0.29) is 5.24 Å². The Kier molecular flexibility index (Phi) is 4.20. The van der Waals surface area contributed by atoms with Crippen molar-refractivity contribution in [1.82, 2.24) is 4.90 Å². The zero-order chi connectivity index (χ0) is 12.1. The van der Waals surface area contributed by atoms with Crippen molar-refractivity contribution in [3.05, 3.63) is 23.8 Å². The average Bonchev–Trinajstić information content (AvgIpc) is 2.29. The van der Waals surface area contributed by atoms with Crippen LogP contribution < -0.4 is 4.74 Å². The Labute approximate surface area is 98.8 Å². The van der Waals surface area contributed by atoms with Crippen LogP contribution in [0.1, 0.15) is 5.56 Å². The van der Waals surface area contributed by atoms with Gasteiger partial charge in [-0.25, -0.2) is 0 Å². The third-order valence-corrected chi connectivity index (χ3v) is 2.95. The fraction of sp³-hybridized carbons (Fsp3) is 0.273. The van der Waals surface area contributed by atoms with Crippen LogP contribution in [0.5, 0.6) is 5.75 Å².